The van der Waals surface area contributed by atoms with Gasteiger partial charge in [0.25, 0.3) is 0 Å². The van der Waals surface area contributed by atoms with Gasteiger partial charge in [0.05, 0.1) is 22.2 Å². The van der Waals surface area contributed by atoms with Crippen LogP contribution in [0.4, 0.5) is 0 Å². The molecule has 0 fully saturated rings. The number of pyridine rings is 1. The van der Waals surface area contributed by atoms with Crippen LogP contribution >= 0.6 is 0 Å². The average Bonchev–Trinajstić information content (AvgIpc) is 3.88. The van der Waals surface area contributed by atoms with Gasteiger partial charge in [-0.05, 0) is 86.2 Å². The van der Waals surface area contributed by atoms with Crippen LogP contribution in [0.1, 0.15) is 97.9 Å². The molecule has 0 spiro atoms. The second kappa shape index (κ2) is 14.5. The molecule has 3 aliphatic rings. The van der Waals surface area contributed by atoms with Crippen molar-refractivity contribution in [3.8, 4) is 45.2 Å². The number of furan rings is 1. The van der Waals surface area contributed by atoms with Crippen LogP contribution in [0, 0.1) is 6.07 Å². The minimum absolute atomic E-state index is 0. The van der Waals surface area contributed by atoms with Gasteiger partial charge in [-0.25, -0.2) is 0 Å². The number of rotatable bonds is 4. The zero-order valence-electron chi connectivity index (χ0n) is 36.6. The predicted molar refractivity (Wildman–Crippen MR) is 255 cm³/mol. The van der Waals surface area contributed by atoms with Crippen molar-refractivity contribution in [1.82, 2.24) is 14.5 Å². The topological polar surface area (TPSA) is 64.1 Å². The van der Waals surface area contributed by atoms with E-state index in [0.29, 0.717) is 22.1 Å². The first kappa shape index (κ1) is 40.2. The van der Waals surface area contributed by atoms with E-state index in [1.807, 2.05) is 18.2 Å². The van der Waals surface area contributed by atoms with Gasteiger partial charge in [-0.2, -0.15) is 0 Å². The Hall–Kier alpha value is -6.55. The Kier molecular flexibility index (Phi) is 9.11. The molecule has 0 amide bonds. The van der Waals surface area contributed by atoms with Crippen molar-refractivity contribution in [2.75, 3.05) is 0 Å². The molecule has 0 atom stereocenters. The third-order valence-electron chi connectivity index (χ3n) is 13.5. The number of phenolic OH excluding ortho intramolecular Hbond substituents is 1. The molecule has 5 nitrogen and oxygen atoms in total. The van der Waals surface area contributed by atoms with Crippen LogP contribution < -0.4 is 0 Å². The summed E-state index contributed by atoms with van der Waals surface area (Å²) in [5.41, 5.74) is 19.3. The van der Waals surface area contributed by atoms with Crippen molar-refractivity contribution in [2.24, 2.45) is 0 Å². The maximum Gasteiger partial charge on any atom is 0.152 e. The first-order valence-electron chi connectivity index (χ1n) is 22.0. The van der Waals surface area contributed by atoms with Gasteiger partial charge in [-0.3, -0.25) is 9.97 Å². The molecule has 6 heteroatoms. The molecule has 0 saturated carbocycles. The molecule has 1 N–H and O–H groups in total. The summed E-state index contributed by atoms with van der Waals surface area (Å²) in [6.45, 7) is 13.5. The van der Waals surface area contributed by atoms with Gasteiger partial charge in [0.2, 0.25) is 0 Å². The Labute approximate surface area is 387 Å². The summed E-state index contributed by atoms with van der Waals surface area (Å²) in [6, 6.07) is 57.6. The molecule has 0 saturated heterocycles. The number of hydrogen-bond donors (Lipinski definition) is 1. The van der Waals surface area contributed by atoms with Crippen molar-refractivity contribution in [2.45, 2.75) is 64.2 Å². The fraction of sp³-hybridized carbons (Fsp3) is 0.172. The normalized spacial score (nSPS) is 15.3. The number of para-hydroxylation sites is 2. The summed E-state index contributed by atoms with van der Waals surface area (Å²) < 4.78 is 9.11. The van der Waals surface area contributed by atoms with Crippen molar-refractivity contribution in [3.05, 3.63) is 202 Å². The molecule has 316 valence electrons. The van der Waals surface area contributed by atoms with E-state index in [-0.39, 0.29) is 49.5 Å². The van der Waals surface area contributed by atoms with Crippen LogP contribution in [0.15, 0.2) is 156 Å². The zero-order valence-corrected chi connectivity index (χ0v) is 38.9. The van der Waals surface area contributed by atoms with Crippen LogP contribution in [0.2, 0.25) is 0 Å². The molecule has 0 unspecified atom stereocenters. The average molecular weight is 1010 g/mol. The second-order valence-electron chi connectivity index (χ2n) is 19.4. The number of aromatic hydroxyl groups is 1. The molecule has 3 aliphatic carbocycles. The van der Waals surface area contributed by atoms with E-state index in [1.165, 1.54) is 27.8 Å². The largest absolute Gasteiger partial charge is 0.507 e. The Morgan fingerprint density at radius 1 is 0.594 bits per heavy atom. The van der Waals surface area contributed by atoms with E-state index in [1.54, 1.807) is 0 Å². The molecule has 3 aromatic heterocycles. The van der Waals surface area contributed by atoms with E-state index < -0.39 is 0 Å². The molecule has 0 radical (unpaired) electrons. The van der Waals surface area contributed by atoms with Gasteiger partial charge in [0.15, 0.2) is 5.58 Å². The van der Waals surface area contributed by atoms with Gasteiger partial charge in [-0.15, -0.1) is 23.8 Å². The molecule has 7 aromatic carbocycles. The number of benzene rings is 7. The van der Waals surface area contributed by atoms with Crippen molar-refractivity contribution < 1.29 is 30.6 Å². The number of aromatic nitrogens is 3. The molecular formula is C58H46N3O2Pt-. The van der Waals surface area contributed by atoms with Crippen LogP contribution in [-0.4, -0.2) is 19.6 Å². The minimum atomic E-state index is -0.200. The van der Waals surface area contributed by atoms with Crippen LogP contribution in [0.25, 0.3) is 72.6 Å². The number of fused-ring (bicyclic) bond motifs is 4. The summed E-state index contributed by atoms with van der Waals surface area (Å²) >= 11 is 0. The van der Waals surface area contributed by atoms with E-state index in [0.717, 1.165) is 67.2 Å². The summed E-state index contributed by atoms with van der Waals surface area (Å²) in [5, 5.41) is 12.6. The van der Waals surface area contributed by atoms with E-state index in [2.05, 4.69) is 186 Å². The molecular weight excluding hydrogens is 966 g/mol. The summed E-state index contributed by atoms with van der Waals surface area (Å²) in [4.78, 5) is 10.7. The Balaban J connectivity index is 0.00000456. The van der Waals surface area contributed by atoms with Gasteiger partial charge < -0.3 is 14.1 Å². The van der Waals surface area contributed by atoms with E-state index in [9.17, 15) is 5.11 Å². The first-order valence-corrected chi connectivity index (χ1v) is 22.0. The van der Waals surface area contributed by atoms with Crippen molar-refractivity contribution >= 4 is 33.1 Å². The van der Waals surface area contributed by atoms with Crippen molar-refractivity contribution in [1.29, 1.82) is 0 Å². The number of hydrogen-bond acceptors (Lipinski definition) is 4. The third-order valence-corrected chi connectivity index (χ3v) is 13.5. The molecule has 10 aromatic rings. The zero-order chi connectivity index (χ0) is 42.9. The standard InChI is InChI=1S/C58H46N3O2.Pt/c1-57(2,3)36-24-26-46(42(31-36)33-16-8-7-9-17-33)61-47-23-15-14-22-45(47)60-56(61)35-28-34(29-37(30-35)58(4,5)6)44-25-27-49-54(59-44)53-48(62)32-43-50-38-18-10-12-20-40(38)51(52(43)55(53)63-49)41-21-13-11-19-39(41)50;/h7-27,29-32,50-51,62H,1-6H3;/q-1;. The quantitative estimate of drug-likeness (QED) is 0.178. The number of phenols is 1. The Bertz CT molecular complexity index is 3460. The van der Waals surface area contributed by atoms with Crippen LogP contribution in [0.3, 0.4) is 0 Å². The number of imidazole rings is 1. The number of nitrogens with zero attached hydrogens (tertiary/aromatic N) is 3. The SMILES string of the molecule is CC(C)(C)c1cc(-c2ccc3oc4c5c(cc(O)c4c3n2)C2c3ccccc3C5c3ccccc32)[c-]c(-c2nc3ccccc3n2-c2ccc(C(C)(C)C)cc2-c2ccccc2)c1.[Pt]. The first-order chi connectivity index (χ1) is 30.4. The van der Waals surface area contributed by atoms with Gasteiger partial charge >= 0.3 is 0 Å². The predicted octanol–water partition coefficient (Wildman–Crippen LogP) is 14.4. The fourth-order valence-corrected chi connectivity index (χ4v) is 10.3. The Morgan fingerprint density at radius 3 is 1.91 bits per heavy atom. The minimum Gasteiger partial charge on any atom is -0.507 e. The summed E-state index contributed by atoms with van der Waals surface area (Å²) in [6.07, 6.45) is 0. The fourth-order valence-electron chi connectivity index (χ4n) is 10.3. The second-order valence-corrected chi connectivity index (χ2v) is 19.4. The van der Waals surface area contributed by atoms with Crippen LogP contribution in [-0.2, 0) is 31.9 Å². The molecule has 13 rings (SSSR count). The summed E-state index contributed by atoms with van der Waals surface area (Å²) in [5.74, 6) is 0.996. The van der Waals surface area contributed by atoms with Gasteiger partial charge in [-0.1, -0.05) is 156 Å². The maximum atomic E-state index is 12.0. The van der Waals surface area contributed by atoms with Gasteiger partial charge in [0, 0.05) is 55.4 Å². The van der Waals surface area contributed by atoms with E-state index >= 15 is 0 Å². The Morgan fingerprint density at radius 2 is 1.22 bits per heavy atom. The maximum absolute atomic E-state index is 12.0. The molecule has 2 bridgehead atoms. The summed E-state index contributed by atoms with van der Waals surface area (Å²) in [7, 11) is 0. The monoisotopic (exact) mass is 1010 g/mol. The van der Waals surface area contributed by atoms with E-state index in [4.69, 9.17) is 14.4 Å². The van der Waals surface area contributed by atoms with Crippen LogP contribution in [0.5, 0.6) is 5.75 Å². The van der Waals surface area contributed by atoms with Crippen molar-refractivity contribution in [3.63, 3.8) is 0 Å². The smallest absolute Gasteiger partial charge is 0.152 e. The molecule has 64 heavy (non-hydrogen) atoms. The third kappa shape index (κ3) is 6.08. The van der Waals surface area contributed by atoms with Gasteiger partial charge in [0.1, 0.15) is 16.8 Å². The molecule has 3 heterocycles. The molecule has 0 aliphatic heterocycles.